The maximum Gasteiger partial charge on any atom is 0.0700 e. The van der Waals surface area contributed by atoms with E-state index in [1.165, 1.54) is 0 Å². The molecule has 78 valence electrons. The molecule has 0 spiro atoms. The third-order valence-corrected chi connectivity index (χ3v) is 1.81. The maximum atomic E-state index is 5.82. The van der Waals surface area contributed by atoms with Crippen LogP contribution in [-0.4, -0.2) is 33.0 Å². The van der Waals surface area contributed by atoms with Gasteiger partial charge in [-0.3, -0.25) is 0 Å². The summed E-state index contributed by atoms with van der Waals surface area (Å²) in [7, 11) is 1.67. The second-order valence-electron chi connectivity index (χ2n) is 3.02. The molecule has 0 rings (SSSR count). The van der Waals surface area contributed by atoms with Crippen molar-refractivity contribution < 1.29 is 9.47 Å². The van der Waals surface area contributed by atoms with Gasteiger partial charge >= 0.3 is 0 Å². The molecule has 0 aromatic rings. The predicted molar refractivity (Wildman–Crippen MR) is 54.7 cm³/mol. The first-order chi connectivity index (χ1) is 6.31. The summed E-state index contributed by atoms with van der Waals surface area (Å²) in [4.78, 5) is 0. The van der Waals surface area contributed by atoms with Crippen molar-refractivity contribution in [1.29, 1.82) is 0 Å². The van der Waals surface area contributed by atoms with Crippen LogP contribution in [0.15, 0.2) is 12.7 Å². The van der Waals surface area contributed by atoms with Gasteiger partial charge in [-0.15, -0.1) is 6.58 Å². The van der Waals surface area contributed by atoms with Gasteiger partial charge in [0.1, 0.15) is 0 Å². The first-order valence-corrected chi connectivity index (χ1v) is 4.74. The average molecular weight is 187 g/mol. The summed E-state index contributed by atoms with van der Waals surface area (Å²) in [6.45, 7) is 5.69. The Balaban J connectivity index is 3.07. The highest BCUT2D eigenvalue weighted by molar-refractivity contribution is 4.71. The zero-order valence-electron chi connectivity index (χ0n) is 8.50. The standard InChI is InChI=1S/C10H21NO2/c1-3-4-5-10(11)6-7-13-9-8-12-2/h3,10H,1,4-9,11H2,2H3. The Bertz CT molecular complexity index is 117. The summed E-state index contributed by atoms with van der Waals surface area (Å²) in [6, 6.07) is 0.237. The maximum absolute atomic E-state index is 5.82. The average Bonchev–Trinajstić information content (AvgIpc) is 2.14. The minimum absolute atomic E-state index is 0.237. The fourth-order valence-corrected chi connectivity index (χ4v) is 0.955. The number of ether oxygens (including phenoxy) is 2. The summed E-state index contributed by atoms with van der Waals surface area (Å²) in [6.07, 6.45) is 4.79. The van der Waals surface area contributed by atoms with E-state index in [-0.39, 0.29) is 6.04 Å². The predicted octanol–water partition coefficient (Wildman–Crippen LogP) is 1.33. The number of hydrogen-bond acceptors (Lipinski definition) is 3. The minimum Gasteiger partial charge on any atom is -0.382 e. The van der Waals surface area contributed by atoms with Gasteiger partial charge in [-0.05, 0) is 19.3 Å². The van der Waals surface area contributed by atoms with Gasteiger partial charge in [-0.25, -0.2) is 0 Å². The minimum atomic E-state index is 0.237. The van der Waals surface area contributed by atoms with E-state index in [2.05, 4.69) is 6.58 Å². The lowest BCUT2D eigenvalue weighted by molar-refractivity contribution is 0.0670. The van der Waals surface area contributed by atoms with Crippen LogP contribution >= 0.6 is 0 Å². The molecule has 0 fully saturated rings. The molecule has 0 amide bonds. The van der Waals surface area contributed by atoms with Crippen LogP contribution in [0.4, 0.5) is 0 Å². The molecular weight excluding hydrogens is 166 g/mol. The SMILES string of the molecule is C=CCCC(N)CCOCCOC. The van der Waals surface area contributed by atoms with Crippen molar-refractivity contribution in [1.82, 2.24) is 0 Å². The Morgan fingerprint density at radius 1 is 1.31 bits per heavy atom. The third-order valence-electron chi connectivity index (χ3n) is 1.81. The van der Waals surface area contributed by atoms with Crippen LogP contribution in [0.3, 0.4) is 0 Å². The molecule has 0 aliphatic rings. The van der Waals surface area contributed by atoms with Crippen LogP contribution in [0, 0.1) is 0 Å². The van der Waals surface area contributed by atoms with Gasteiger partial charge in [-0.1, -0.05) is 6.08 Å². The topological polar surface area (TPSA) is 44.5 Å². The highest BCUT2D eigenvalue weighted by atomic mass is 16.5. The van der Waals surface area contributed by atoms with E-state index < -0.39 is 0 Å². The molecule has 0 radical (unpaired) electrons. The van der Waals surface area contributed by atoms with E-state index in [1.807, 2.05) is 6.08 Å². The number of hydrogen-bond donors (Lipinski definition) is 1. The summed E-state index contributed by atoms with van der Waals surface area (Å²) in [5.41, 5.74) is 5.82. The van der Waals surface area contributed by atoms with Gasteiger partial charge in [-0.2, -0.15) is 0 Å². The summed E-state index contributed by atoms with van der Waals surface area (Å²) in [5.74, 6) is 0. The van der Waals surface area contributed by atoms with E-state index in [9.17, 15) is 0 Å². The highest BCUT2D eigenvalue weighted by Gasteiger charge is 2.00. The van der Waals surface area contributed by atoms with Crippen LogP contribution in [0.25, 0.3) is 0 Å². The van der Waals surface area contributed by atoms with Gasteiger partial charge in [0.05, 0.1) is 13.2 Å². The molecule has 13 heavy (non-hydrogen) atoms. The Morgan fingerprint density at radius 2 is 2.08 bits per heavy atom. The van der Waals surface area contributed by atoms with Crippen LogP contribution in [0.5, 0.6) is 0 Å². The van der Waals surface area contributed by atoms with Gasteiger partial charge in [0, 0.05) is 19.8 Å². The van der Waals surface area contributed by atoms with Crippen LogP contribution in [-0.2, 0) is 9.47 Å². The first-order valence-electron chi connectivity index (χ1n) is 4.74. The lowest BCUT2D eigenvalue weighted by atomic mass is 10.1. The number of allylic oxidation sites excluding steroid dienone is 1. The van der Waals surface area contributed by atoms with Crippen molar-refractivity contribution in [2.24, 2.45) is 5.73 Å². The lowest BCUT2D eigenvalue weighted by Gasteiger charge is -2.10. The van der Waals surface area contributed by atoms with Crippen molar-refractivity contribution in [3.63, 3.8) is 0 Å². The summed E-state index contributed by atoms with van der Waals surface area (Å²) in [5, 5.41) is 0. The highest BCUT2D eigenvalue weighted by Crippen LogP contribution is 1.99. The molecule has 0 bridgehead atoms. The molecule has 0 saturated carbocycles. The molecule has 0 heterocycles. The summed E-state index contributed by atoms with van der Waals surface area (Å²) < 4.78 is 10.1. The second kappa shape index (κ2) is 9.71. The zero-order valence-corrected chi connectivity index (χ0v) is 8.50. The molecule has 1 atom stereocenters. The normalized spacial score (nSPS) is 12.8. The molecule has 3 nitrogen and oxygen atoms in total. The fraction of sp³-hybridized carbons (Fsp3) is 0.800. The van der Waals surface area contributed by atoms with Crippen molar-refractivity contribution in [3.8, 4) is 0 Å². The molecule has 2 N–H and O–H groups in total. The van der Waals surface area contributed by atoms with E-state index in [4.69, 9.17) is 15.2 Å². The largest absolute Gasteiger partial charge is 0.382 e. The van der Waals surface area contributed by atoms with Crippen molar-refractivity contribution in [2.75, 3.05) is 26.9 Å². The van der Waals surface area contributed by atoms with Gasteiger partial charge in [0.25, 0.3) is 0 Å². The molecule has 1 unspecified atom stereocenters. The number of nitrogens with two attached hydrogens (primary N) is 1. The van der Waals surface area contributed by atoms with E-state index in [1.54, 1.807) is 7.11 Å². The van der Waals surface area contributed by atoms with Gasteiger partial charge in [0.2, 0.25) is 0 Å². The lowest BCUT2D eigenvalue weighted by Crippen LogP contribution is -2.22. The third kappa shape index (κ3) is 9.53. The molecule has 0 aromatic carbocycles. The fourth-order valence-electron chi connectivity index (χ4n) is 0.955. The Kier molecular flexibility index (Phi) is 9.42. The Labute approximate surface area is 80.9 Å². The molecule has 0 aromatic heterocycles. The molecular formula is C10H21NO2. The Hall–Kier alpha value is -0.380. The van der Waals surface area contributed by atoms with Crippen molar-refractivity contribution >= 4 is 0 Å². The smallest absolute Gasteiger partial charge is 0.0700 e. The first kappa shape index (κ1) is 12.6. The molecule has 0 aliphatic heterocycles. The molecule has 0 aliphatic carbocycles. The quantitative estimate of drug-likeness (QED) is 0.437. The van der Waals surface area contributed by atoms with E-state index >= 15 is 0 Å². The van der Waals surface area contributed by atoms with Crippen molar-refractivity contribution in [3.05, 3.63) is 12.7 Å². The van der Waals surface area contributed by atoms with Crippen LogP contribution in [0.1, 0.15) is 19.3 Å². The van der Waals surface area contributed by atoms with Crippen LogP contribution in [0.2, 0.25) is 0 Å². The zero-order chi connectivity index (χ0) is 9.94. The van der Waals surface area contributed by atoms with Crippen molar-refractivity contribution in [2.45, 2.75) is 25.3 Å². The monoisotopic (exact) mass is 187 g/mol. The van der Waals surface area contributed by atoms with Gasteiger partial charge < -0.3 is 15.2 Å². The number of rotatable bonds is 9. The summed E-state index contributed by atoms with van der Waals surface area (Å²) >= 11 is 0. The second-order valence-corrected chi connectivity index (χ2v) is 3.02. The van der Waals surface area contributed by atoms with Crippen LogP contribution < -0.4 is 5.73 Å². The van der Waals surface area contributed by atoms with Gasteiger partial charge in [0.15, 0.2) is 0 Å². The molecule has 3 heteroatoms. The van der Waals surface area contributed by atoms with E-state index in [0.717, 1.165) is 25.9 Å². The molecule has 0 saturated heterocycles. The Morgan fingerprint density at radius 3 is 2.69 bits per heavy atom. The van der Waals surface area contributed by atoms with E-state index in [0.29, 0.717) is 13.2 Å². The number of methoxy groups -OCH3 is 1.